The number of hydrogen-bond acceptors (Lipinski definition) is 3. The summed E-state index contributed by atoms with van der Waals surface area (Å²) in [4.78, 5) is 0. The van der Waals surface area contributed by atoms with Gasteiger partial charge in [0.05, 0.1) is 12.2 Å². The molecule has 1 atom stereocenters. The summed E-state index contributed by atoms with van der Waals surface area (Å²) in [5.74, 6) is 5.62. The minimum absolute atomic E-state index is 0.134. The number of rotatable bonds is 5. The number of hydrogen-bond donors (Lipinski definition) is 2. The quantitative estimate of drug-likeness (QED) is 0.642. The minimum Gasteiger partial charge on any atom is -0.374 e. The maximum Gasteiger partial charge on any atom is 0.0643 e. The number of benzene rings is 1. The van der Waals surface area contributed by atoms with Crippen molar-refractivity contribution in [2.24, 2.45) is 5.84 Å². The summed E-state index contributed by atoms with van der Waals surface area (Å²) in [6.07, 6.45) is 0.872. The van der Waals surface area contributed by atoms with E-state index < -0.39 is 0 Å². The molecule has 1 aromatic carbocycles. The van der Waals surface area contributed by atoms with Gasteiger partial charge >= 0.3 is 0 Å². The Bertz CT molecular complexity index is 398. The summed E-state index contributed by atoms with van der Waals surface area (Å²) < 4.78 is 5.79. The third-order valence-corrected chi connectivity index (χ3v) is 3.26. The van der Waals surface area contributed by atoms with Crippen LogP contribution >= 0.6 is 0 Å². The molecule has 0 spiro atoms. The highest BCUT2D eigenvalue weighted by Crippen LogP contribution is 2.22. The predicted molar refractivity (Wildman–Crippen MR) is 85.7 cm³/mol. The van der Waals surface area contributed by atoms with Crippen molar-refractivity contribution in [1.82, 2.24) is 5.43 Å². The maximum atomic E-state index is 5.79. The van der Waals surface area contributed by atoms with E-state index >= 15 is 0 Å². The van der Waals surface area contributed by atoms with Crippen molar-refractivity contribution >= 4 is 0 Å². The average molecular weight is 278 g/mol. The molecule has 1 aromatic rings. The molecule has 0 aliphatic heterocycles. The Labute approximate surface area is 123 Å². The van der Waals surface area contributed by atoms with E-state index in [9.17, 15) is 0 Å². The van der Waals surface area contributed by atoms with Crippen LogP contribution in [-0.2, 0) is 16.6 Å². The highest BCUT2D eigenvalue weighted by atomic mass is 16.5. The molecule has 0 aromatic heterocycles. The van der Waals surface area contributed by atoms with E-state index in [2.05, 4.69) is 71.2 Å². The van der Waals surface area contributed by atoms with E-state index in [-0.39, 0.29) is 17.1 Å². The van der Waals surface area contributed by atoms with E-state index in [1.165, 1.54) is 11.1 Å². The fraction of sp³-hybridized carbons (Fsp3) is 0.647. The van der Waals surface area contributed by atoms with Gasteiger partial charge in [-0.1, -0.05) is 45.0 Å². The van der Waals surface area contributed by atoms with E-state index in [0.717, 1.165) is 6.42 Å². The topological polar surface area (TPSA) is 47.3 Å². The lowest BCUT2D eigenvalue weighted by Gasteiger charge is -2.24. The number of nitrogens with two attached hydrogens (primary N) is 1. The Hall–Kier alpha value is -0.900. The van der Waals surface area contributed by atoms with E-state index in [1.54, 1.807) is 0 Å². The van der Waals surface area contributed by atoms with Gasteiger partial charge in [-0.25, -0.2) is 0 Å². The second kappa shape index (κ2) is 6.70. The molecule has 0 bridgehead atoms. The molecule has 114 valence electrons. The summed E-state index contributed by atoms with van der Waals surface area (Å²) in [5.41, 5.74) is 5.53. The third kappa shape index (κ3) is 6.04. The number of hydrazine groups is 1. The monoisotopic (exact) mass is 278 g/mol. The molecule has 0 radical (unpaired) electrons. The van der Waals surface area contributed by atoms with Gasteiger partial charge in [-0.3, -0.25) is 11.3 Å². The van der Waals surface area contributed by atoms with Gasteiger partial charge < -0.3 is 4.74 Å². The van der Waals surface area contributed by atoms with Crippen LogP contribution in [0.4, 0.5) is 0 Å². The molecule has 20 heavy (non-hydrogen) atoms. The van der Waals surface area contributed by atoms with Gasteiger partial charge in [-0.05, 0) is 43.7 Å². The first-order valence-corrected chi connectivity index (χ1v) is 7.31. The summed E-state index contributed by atoms with van der Waals surface area (Å²) in [5, 5.41) is 0. The molecule has 0 aliphatic rings. The Balaban J connectivity index is 2.62. The molecule has 0 heterocycles. The zero-order valence-corrected chi connectivity index (χ0v) is 13.8. The Kier molecular flexibility index (Phi) is 5.75. The van der Waals surface area contributed by atoms with Crippen LogP contribution in [0.3, 0.4) is 0 Å². The van der Waals surface area contributed by atoms with Crippen molar-refractivity contribution in [3.8, 4) is 0 Å². The van der Waals surface area contributed by atoms with Gasteiger partial charge in [-0.15, -0.1) is 0 Å². The normalized spacial score (nSPS) is 14.3. The van der Waals surface area contributed by atoms with Gasteiger partial charge in [0.25, 0.3) is 0 Å². The van der Waals surface area contributed by atoms with Crippen LogP contribution in [0.25, 0.3) is 0 Å². The number of nitrogens with one attached hydrogen (secondary N) is 1. The highest BCUT2D eigenvalue weighted by molar-refractivity contribution is 5.28. The molecular formula is C17H30N2O. The molecular weight excluding hydrogens is 248 g/mol. The molecule has 3 nitrogen and oxygen atoms in total. The molecule has 1 unspecified atom stereocenters. The van der Waals surface area contributed by atoms with Crippen LogP contribution in [-0.4, -0.2) is 18.2 Å². The van der Waals surface area contributed by atoms with Crippen LogP contribution < -0.4 is 11.3 Å². The predicted octanol–water partition coefficient (Wildman–Crippen LogP) is 3.17. The Morgan fingerprint density at radius 2 is 1.60 bits per heavy atom. The molecule has 0 aliphatic carbocycles. The second-order valence-electron chi connectivity index (χ2n) is 7.44. The summed E-state index contributed by atoms with van der Waals surface area (Å²) in [6.45, 7) is 13.5. The molecule has 3 N–H and O–H groups in total. The molecule has 0 saturated carbocycles. The van der Waals surface area contributed by atoms with E-state index in [1.807, 2.05) is 0 Å². The summed E-state index contributed by atoms with van der Waals surface area (Å²) in [6, 6.07) is 8.90. The lowest BCUT2D eigenvalue weighted by Crippen LogP contribution is -2.42. The summed E-state index contributed by atoms with van der Waals surface area (Å²) >= 11 is 0. The van der Waals surface area contributed by atoms with Crippen LogP contribution in [0.1, 0.15) is 52.7 Å². The molecule has 0 fully saturated rings. The molecule has 1 rings (SSSR count). The molecule has 0 amide bonds. The highest BCUT2D eigenvalue weighted by Gasteiger charge is 2.16. The van der Waals surface area contributed by atoms with Crippen LogP contribution in [0.15, 0.2) is 24.3 Å². The van der Waals surface area contributed by atoms with Crippen LogP contribution in [0.5, 0.6) is 0 Å². The maximum absolute atomic E-state index is 5.79. The van der Waals surface area contributed by atoms with E-state index in [0.29, 0.717) is 6.61 Å². The zero-order chi connectivity index (χ0) is 15.4. The SMILES string of the molecule is CC(C)(C)OCC(Cc1ccc(C(C)(C)C)cc1)NN. The number of ether oxygens (including phenoxy) is 1. The van der Waals surface area contributed by atoms with Crippen molar-refractivity contribution in [2.45, 2.75) is 65.0 Å². The second-order valence-corrected chi connectivity index (χ2v) is 7.44. The lowest BCUT2D eigenvalue weighted by atomic mass is 9.86. The van der Waals surface area contributed by atoms with Gasteiger partial charge in [0, 0.05) is 6.04 Å². The van der Waals surface area contributed by atoms with Gasteiger partial charge in [0.1, 0.15) is 0 Å². The summed E-state index contributed by atoms with van der Waals surface area (Å²) in [7, 11) is 0. The first kappa shape index (κ1) is 17.2. The van der Waals surface area contributed by atoms with Crippen molar-refractivity contribution in [2.75, 3.05) is 6.61 Å². The van der Waals surface area contributed by atoms with Gasteiger partial charge in [0.15, 0.2) is 0 Å². The average Bonchev–Trinajstić information content (AvgIpc) is 2.33. The zero-order valence-electron chi connectivity index (χ0n) is 13.8. The largest absolute Gasteiger partial charge is 0.374 e. The fourth-order valence-electron chi connectivity index (χ4n) is 1.94. The van der Waals surface area contributed by atoms with E-state index in [4.69, 9.17) is 10.6 Å². The van der Waals surface area contributed by atoms with Crippen molar-refractivity contribution in [1.29, 1.82) is 0 Å². The van der Waals surface area contributed by atoms with Crippen LogP contribution in [0, 0.1) is 0 Å². The first-order valence-electron chi connectivity index (χ1n) is 7.31. The smallest absolute Gasteiger partial charge is 0.0643 e. The van der Waals surface area contributed by atoms with Crippen molar-refractivity contribution < 1.29 is 4.74 Å². The van der Waals surface area contributed by atoms with Crippen molar-refractivity contribution in [3.05, 3.63) is 35.4 Å². The minimum atomic E-state index is -0.134. The third-order valence-electron chi connectivity index (χ3n) is 3.26. The molecule has 3 heteroatoms. The van der Waals surface area contributed by atoms with Crippen LogP contribution in [0.2, 0.25) is 0 Å². The standard InChI is InChI=1S/C17H30N2O/c1-16(2,3)14-9-7-13(8-10-14)11-15(19-18)12-20-17(4,5)6/h7-10,15,19H,11-12,18H2,1-6H3. The van der Waals surface area contributed by atoms with Gasteiger partial charge in [-0.2, -0.15) is 0 Å². The molecule has 0 saturated heterocycles. The van der Waals surface area contributed by atoms with Crippen molar-refractivity contribution in [3.63, 3.8) is 0 Å². The fourth-order valence-corrected chi connectivity index (χ4v) is 1.94. The Morgan fingerprint density at radius 1 is 1.05 bits per heavy atom. The first-order chi connectivity index (χ1) is 9.12. The van der Waals surface area contributed by atoms with Gasteiger partial charge in [0.2, 0.25) is 0 Å². The Morgan fingerprint density at radius 3 is 2.00 bits per heavy atom. The lowest BCUT2D eigenvalue weighted by molar-refractivity contribution is -0.0143.